The summed E-state index contributed by atoms with van der Waals surface area (Å²) in [5.74, 6) is 1.43. The first kappa shape index (κ1) is 12.1. The Morgan fingerprint density at radius 2 is 1.93 bits per heavy atom. The molecule has 1 unspecified atom stereocenters. The molecule has 0 amide bonds. The molecule has 0 saturated heterocycles. The summed E-state index contributed by atoms with van der Waals surface area (Å²) in [5, 5.41) is 0. The molecule has 0 aliphatic carbocycles. The summed E-state index contributed by atoms with van der Waals surface area (Å²) in [6.07, 6.45) is 1.09. The summed E-state index contributed by atoms with van der Waals surface area (Å²) < 4.78 is 5.30. The van der Waals surface area contributed by atoms with Crippen LogP contribution in [0.1, 0.15) is 36.0 Å². The van der Waals surface area contributed by atoms with Crippen molar-refractivity contribution in [3.8, 4) is 5.75 Å². The molecule has 0 radical (unpaired) electrons. The van der Waals surface area contributed by atoms with E-state index in [0.717, 1.165) is 12.2 Å². The molecule has 15 heavy (non-hydrogen) atoms. The highest BCUT2D eigenvalue weighted by Gasteiger charge is 2.12. The summed E-state index contributed by atoms with van der Waals surface area (Å²) in [5.41, 5.74) is 9.59. The molecule has 2 nitrogen and oxygen atoms in total. The van der Waals surface area contributed by atoms with Gasteiger partial charge in [-0.15, -0.1) is 0 Å². The Morgan fingerprint density at radius 1 is 1.27 bits per heavy atom. The van der Waals surface area contributed by atoms with E-state index in [1.54, 1.807) is 7.11 Å². The van der Waals surface area contributed by atoms with Crippen LogP contribution >= 0.6 is 0 Å². The maximum atomic E-state index is 5.77. The van der Waals surface area contributed by atoms with Crippen LogP contribution in [-0.2, 0) is 0 Å². The number of rotatable bonds is 4. The van der Waals surface area contributed by atoms with Crippen molar-refractivity contribution in [1.82, 2.24) is 0 Å². The maximum absolute atomic E-state index is 5.77. The number of benzene rings is 1. The first-order chi connectivity index (χ1) is 7.13. The van der Waals surface area contributed by atoms with Gasteiger partial charge in [0.2, 0.25) is 0 Å². The third-order valence-electron chi connectivity index (χ3n) is 3.00. The molecule has 0 spiro atoms. The third-order valence-corrected chi connectivity index (χ3v) is 3.00. The summed E-state index contributed by atoms with van der Waals surface area (Å²) >= 11 is 0. The lowest BCUT2D eigenvalue weighted by molar-refractivity contribution is 0.411. The molecule has 0 saturated carbocycles. The molecule has 1 atom stereocenters. The zero-order valence-electron chi connectivity index (χ0n) is 10.1. The molecule has 1 aromatic rings. The van der Waals surface area contributed by atoms with Gasteiger partial charge in [0, 0.05) is 0 Å². The van der Waals surface area contributed by atoms with Gasteiger partial charge in [-0.1, -0.05) is 13.0 Å². The number of aryl methyl sites for hydroxylation is 2. The fraction of sp³-hybridized carbons (Fsp3) is 0.538. The molecule has 84 valence electrons. The van der Waals surface area contributed by atoms with Crippen LogP contribution in [0.4, 0.5) is 0 Å². The fourth-order valence-electron chi connectivity index (χ4n) is 1.99. The molecule has 0 heterocycles. The average Bonchev–Trinajstić information content (AvgIpc) is 2.24. The van der Waals surface area contributed by atoms with Gasteiger partial charge in [0.15, 0.2) is 0 Å². The molecule has 2 heteroatoms. The van der Waals surface area contributed by atoms with E-state index in [0.29, 0.717) is 12.5 Å². The minimum atomic E-state index is 0.467. The molecule has 0 fully saturated rings. The van der Waals surface area contributed by atoms with E-state index in [4.69, 9.17) is 10.5 Å². The predicted molar refractivity (Wildman–Crippen MR) is 64.6 cm³/mol. The van der Waals surface area contributed by atoms with Crippen molar-refractivity contribution in [1.29, 1.82) is 0 Å². The second-order valence-electron chi connectivity index (χ2n) is 4.02. The molecule has 0 aliphatic rings. The van der Waals surface area contributed by atoms with Gasteiger partial charge in [0.05, 0.1) is 7.11 Å². The first-order valence-corrected chi connectivity index (χ1v) is 5.49. The molecule has 1 rings (SSSR count). The van der Waals surface area contributed by atoms with Crippen LogP contribution in [0.2, 0.25) is 0 Å². The third kappa shape index (κ3) is 2.51. The Labute approximate surface area is 92.4 Å². The SMILES string of the molecule is CCC(CN)c1cc(C)c(OC)cc1C. The number of ether oxygens (including phenoxy) is 1. The van der Waals surface area contributed by atoms with E-state index < -0.39 is 0 Å². The molecule has 0 bridgehead atoms. The topological polar surface area (TPSA) is 35.2 Å². The lowest BCUT2D eigenvalue weighted by Crippen LogP contribution is -2.13. The Hall–Kier alpha value is -1.02. The summed E-state index contributed by atoms with van der Waals surface area (Å²) in [7, 11) is 1.71. The second-order valence-corrected chi connectivity index (χ2v) is 4.02. The zero-order valence-corrected chi connectivity index (χ0v) is 10.1. The number of nitrogens with two attached hydrogens (primary N) is 1. The van der Waals surface area contributed by atoms with E-state index >= 15 is 0 Å². The van der Waals surface area contributed by atoms with Gasteiger partial charge in [0.25, 0.3) is 0 Å². The second kappa shape index (κ2) is 5.17. The molecular formula is C13H21NO. The van der Waals surface area contributed by atoms with Crippen molar-refractivity contribution >= 4 is 0 Å². The molecular weight excluding hydrogens is 186 g/mol. The van der Waals surface area contributed by atoms with Crippen molar-refractivity contribution in [2.24, 2.45) is 5.73 Å². The Morgan fingerprint density at radius 3 is 2.40 bits per heavy atom. The quantitative estimate of drug-likeness (QED) is 0.824. The van der Waals surface area contributed by atoms with Crippen molar-refractivity contribution in [3.05, 3.63) is 28.8 Å². The highest BCUT2D eigenvalue weighted by atomic mass is 16.5. The molecule has 2 N–H and O–H groups in total. The standard InChI is InChI=1S/C13H21NO/c1-5-11(8-14)12-6-10(3)13(15-4)7-9(12)2/h6-7,11H,5,8,14H2,1-4H3. The van der Waals surface area contributed by atoms with E-state index in [9.17, 15) is 0 Å². The van der Waals surface area contributed by atoms with Crippen molar-refractivity contribution in [3.63, 3.8) is 0 Å². The Bertz CT molecular complexity index is 330. The highest BCUT2D eigenvalue weighted by molar-refractivity contribution is 5.43. The summed E-state index contributed by atoms with van der Waals surface area (Å²) in [6, 6.07) is 4.30. The number of methoxy groups -OCH3 is 1. The van der Waals surface area contributed by atoms with Crippen LogP contribution in [0, 0.1) is 13.8 Å². The monoisotopic (exact) mass is 207 g/mol. The Balaban J connectivity index is 3.14. The molecule has 0 aromatic heterocycles. The zero-order chi connectivity index (χ0) is 11.4. The van der Waals surface area contributed by atoms with E-state index in [2.05, 4.69) is 32.9 Å². The summed E-state index contributed by atoms with van der Waals surface area (Å²) in [4.78, 5) is 0. The highest BCUT2D eigenvalue weighted by Crippen LogP contribution is 2.28. The van der Waals surface area contributed by atoms with Gasteiger partial charge >= 0.3 is 0 Å². The number of hydrogen-bond donors (Lipinski definition) is 1. The van der Waals surface area contributed by atoms with Crippen LogP contribution in [0.25, 0.3) is 0 Å². The van der Waals surface area contributed by atoms with Crippen molar-refractivity contribution in [2.75, 3.05) is 13.7 Å². The predicted octanol–water partition coefficient (Wildman–Crippen LogP) is 2.76. The first-order valence-electron chi connectivity index (χ1n) is 5.49. The lowest BCUT2D eigenvalue weighted by Gasteiger charge is -2.18. The van der Waals surface area contributed by atoms with Gasteiger partial charge in [-0.2, -0.15) is 0 Å². The molecule has 1 aromatic carbocycles. The van der Waals surface area contributed by atoms with E-state index in [1.807, 2.05) is 0 Å². The fourth-order valence-corrected chi connectivity index (χ4v) is 1.99. The minimum Gasteiger partial charge on any atom is -0.496 e. The van der Waals surface area contributed by atoms with Gasteiger partial charge in [-0.25, -0.2) is 0 Å². The normalized spacial score (nSPS) is 12.6. The Kier molecular flexibility index (Phi) is 4.15. The van der Waals surface area contributed by atoms with E-state index in [-0.39, 0.29) is 0 Å². The van der Waals surface area contributed by atoms with Gasteiger partial charge in [-0.05, 0) is 55.5 Å². The minimum absolute atomic E-state index is 0.467. The van der Waals surface area contributed by atoms with Crippen LogP contribution < -0.4 is 10.5 Å². The number of hydrogen-bond acceptors (Lipinski definition) is 2. The smallest absolute Gasteiger partial charge is 0.122 e. The largest absolute Gasteiger partial charge is 0.496 e. The maximum Gasteiger partial charge on any atom is 0.122 e. The van der Waals surface area contributed by atoms with Crippen LogP contribution in [0.5, 0.6) is 5.75 Å². The van der Waals surface area contributed by atoms with Crippen LogP contribution in [-0.4, -0.2) is 13.7 Å². The van der Waals surface area contributed by atoms with Crippen molar-refractivity contribution in [2.45, 2.75) is 33.1 Å². The summed E-state index contributed by atoms with van der Waals surface area (Å²) in [6.45, 7) is 7.08. The van der Waals surface area contributed by atoms with Gasteiger partial charge in [0.1, 0.15) is 5.75 Å². The van der Waals surface area contributed by atoms with Crippen molar-refractivity contribution < 1.29 is 4.74 Å². The van der Waals surface area contributed by atoms with E-state index in [1.165, 1.54) is 16.7 Å². The van der Waals surface area contributed by atoms with Gasteiger partial charge < -0.3 is 10.5 Å². The van der Waals surface area contributed by atoms with Crippen LogP contribution in [0.15, 0.2) is 12.1 Å². The van der Waals surface area contributed by atoms with Gasteiger partial charge in [-0.3, -0.25) is 0 Å². The lowest BCUT2D eigenvalue weighted by atomic mass is 9.91. The molecule has 0 aliphatic heterocycles. The average molecular weight is 207 g/mol. The van der Waals surface area contributed by atoms with Crippen LogP contribution in [0.3, 0.4) is 0 Å².